The van der Waals surface area contributed by atoms with Crippen LogP contribution >= 0.6 is 0 Å². The van der Waals surface area contributed by atoms with Gasteiger partial charge in [-0.25, -0.2) is 0 Å². The standard InChI is InChI=1S/C45H74O12S/c1-3-5-7-9-11-13-15-16-17-18-19-20-21-22-24-25-27-29-31-33-40(46)54-35-38(56-41(47)34-32-30-28-26-23-14-12-10-8-6-4-2)36-55-45-44(50)43(49)42(48)39(57-45)37-58(51,52)53/h10-13,16-17,19-20,22,24,27,29,38-39,42-45,48-50H,3-9,14-15,18,21,23,25-26,28,30-37H2,1-2H3,(H,51,52,53)/b12-10+,13-11+,17-16+,20-19+,24-22+,29-27+/t38-,39-,42-,43?,44?,45+/m1/s1. The summed E-state index contributed by atoms with van der Waals surface area (Å²) < 4.78 is 53.8. The number of carbonyl (C=O) groups excluding carboxylic acids is 2. The maximum atomic E-state index is 12.7. The highest BCUT2D eigenvalue weighted by atomic mass is 32.2. The van der Waals surface area contributed by atoms with Crippen molar-refractivity contribution >= 4 is 22.1 Å². The maximum absolute atomic E-state index is 12.7. The Morgan fingerprint density at radius 3 is 1.67 bits per heavy atom. The number of hydrogen-bond acceptors (Lipinski definition) is 11. The predicted molar refractivity (Wildman–Crippen MR) is 228 cm³/mol. The van der Waals surface area contributed by atoms with Crippen molar-refractivity contribution in [3.05, 3.63) is 72.9 Å². The van der Waals surface area contributed by atoms with Crippen molar-refractivity contribution in [2.75, 3.05) is 19.0 Å². The molecule has 332 valence electrons. The van der Waals surface area contributed by atoms with E-state index in [1.165, 1.54) is 32.1 Å². The van der Waals surface area contributed by atoms with Crippen molar-refractivity contribution in [3.8, 4) is 0 Å². The Morgan fingerprint density at radius 2 is 1.09 bits per heavy atom. The third-order valence-electron chi connectivity index (χ3n) is 9.27. The van der Waals surface area contributed by atoms with E-state index < -0.39 is 71.2 Å². The SMILES string of the molecule is CCCC/C=C/CCCCCCCC(=O)O[C@H](COC(=O)CC/C=C/C/C=C/C/C=C/C/C=C/C/C=C/CCCCC)CO[C@H]1O[C@H](CS(=O)(=O)O)[C@@H](O)C(O)C1O. The molecule has 0 aromatic rings. The number of rotatable bonds is 34. The Hall–Kier alpha value is -2.91. The summed E-state index contributed by atoms with van der Waals surface area (Å²) in [5.74, 6) is -2.11. The first kappa shape index (κ1) is 53.1. The molecule has 0 bridgehead atoms. The van der Waals surface area contributed by atoms with Gasteiger partial charge in [0.25, 0.3) is 10.1 Å². The fourth-order valence-electron chi connectivity index (χ4n) is 5.87. The topological polar surface area (TPSA) is 186 Å². The van der Waals surface area contributed by atoms with Crippen molar-refractivity contribution in [1.29, 1.82) is 0 Å². The number of allylic oxidation sites excluding steroid dienone is 12. The number of aliphatic hydroxyl groups excluding tert-OH is 3. The summed E-state index contributed by atoms with van der Waals surface area (Å²) in [6, 6.07) is 0. The van der Waals surface area contributed by atoms with E-state index in [-0.39, 0.29) is 19.4 Å². The van der Waals surface area contributed by atoms with Crippen molar-refractivity contribution in [3.63, 3.8) is 0 Å². The first-order chi connectivity index (χ1) is 28.0. The van der Waals surface area contributed by atoms with Crippen LogP contribution in [0.2, 0.25) is 0 Å². The van der Waals surface area contributed by atoms with Crippen molar-refractivity contribution < 1.29 is 56.8 Å². The lowest BCUT2D eigenvalue weighted by atomic mass is 10.00. The van der Waals surface area contributed by atoms with Crippen LogP contribution in [0.4, 0.5) is 0 Å². The molecule has 1 saturated heterocycles. The smallest absolute Gasteiger partial charge is 0.306 e. The number of ether oxygens (including phenoxy) is 4. The average molecular weight is 839 g/mol. The average Bonchev–Trinajstić information content (AvgIpc) is 3.18. The van der Waals surface area contributed by atoms with E-state index in [1.807, 2.05) is 12.2 Å². The Kier molecular flexibility index (Phi) is 32.0. The van der Waals surface area contributed by atoms with Crippen molar-refractivity contribution in [2.24, 2.45) is 0 Å². The monoisotopic (exact) mass is 838 g/mol. The Morgan fingerprint density at radius 1 is 0.586 bits per heavy atom. The van der Waals surface area contributed by atoms with Crippen LogP contribution in [0.1, 0.15) is 142 Å². The molecule has 0 aromatic heterocycles. The third kappa shape index (κ3) is 29.3. The quantitative estimate of drug-likeness (QED) is 0.0210. The van der Waals surface area contributed by atoms with Gasteiger partial charge in [-0.2, -0.15) is 8.42 Å². The molecular weight excluding hydrogens is 765 g/mol. The molecule has 1 rings (SSSR count). The molecule has 0 saturated carbocycles. The largest absolute Gasteiger partial charge is 0.462 e. The van der Waals surface area contributed by atoms with Crippen LogP contribution in [0.3, 0.4) is 0 Å². The summed E-state index contributed by atoms with van der Waals surface area (Å²) in [7, 11) is -4.61. The van der Waals surface area contributed by atoms with Gasteiger partial charge in [0, 0.05) is 12.8 Å². The molecule has 1 fully saturated rings. The van der Waals surface area contributed by atoms with Crippen LogP contribution < -0.4 is 0 Å². The predicted octanol–water partition coefficient (Wildman–Crippen LogP) is 8.33. The van der Waals surface area contributed by atoms with Gasteiger partial charge in [-0.05, 0) is 70.6 Å². The lowest BCUT2D eigenvalue weighted by Crippen LogP contribution is -2.60. The molecule has 0 spiro atoms. The van der Waals surface area contributed by atoms with Crippen LogP contribution in [0.5, 0.6) is 0 Å². The molecule has 6 atom stereocenters. The van der Waals surface area contributed by atoms with Gasteiger partial charge in [0.15, 0.2) is 12.4 Å². The highest BCUT2D eigenvalue weighted by Gasteiger charge is 2.46. The lowest BCUT2D eigenvalue weighted by Gasteiger charge is -2.40. The molecule has 1 aliphatic rings. The molecule has 58 heavy (non-hydrogen) atoms. The molecule has 13 heteroatoms. The highest BCUT2D eigenvalue weighted by molar-refractivity contribution is 7.85. The van der Waals surface area contributed by atoms with Gasteiger partial charge in [-0.15, -0.1) is 0 Å². The van der Waals surface area contributed by atoms with E-state index >= 15 is 0 Å². The number of carbonyl (C=O) groups is 2. The Bertz CT molecular complexity index is 1350. The van der Waals surface area contributed by atoms with Crippen LogP contribution in [0.15, 0.2) is 72.9 Å². The maximum Gasteiger partial charge on any atom is 0.306 e. The fourth-order valence-corrected chi connectivity index (χ4v) is 6.56. The Balaban J connectivity index is 2.52. The van der Waals surface area contributed by atoms with E-state index in [0.29, 0.717) is 12.8 Å². The zero-order valence-corrected chi connectivity index (χ0v) is 35.9. The van der Waals surface area contributed by atoms with E-state index in [0.717, 1.165) is 70.6 Å². The third-order valence-corrected chi connectivity index (χ3v) is 10.0. The van der Waals surface area contributed by atoms with Gasteiger partial charge < -0.3 is 34.3 Å². The highest BCUT2D eigenvalue weighted by Crippen LogP contribution is 2.24. The molecule has 2 unspecified atom stereocenters. The van der Waals surface area contributed by atoms with E-state index in [9.17, 15) is 37.9 Å². The molecule has 0 aromatic carbocycles. The van der Waals surface area contributed by atoms with Gasteiger partial charge in [-0.1, -0.05) is 132 Å². The van der Waals surface area contributed by atoms with Gasteiger partial charge in [0.2, 0.25) is 0 Å². The second-order valence-electron chi connectivity index (χ2n) is 14.6. The first-order valence-electron chi connectivity index (χ1n) is 21.5. The summed E-state index contributed by atoms with van der Waals surface area (Å²) in [6.07, 6.45) is 34.0. The summed E-state index contributed by atoms with van der Waals surface area (Å²) in [5, 5.41) is 30.8. The minimum Gasteiger partial charge on any atom is -0.462 e. The number of unbranched alkanes of at least 4 members (excludes halogenated alkanes) is 10. The van der Waals surface area contributed by atoms with Crippen molar-refractivity contribution in [2.45, 2.75) is 179 Å². The molecule has 1 heterocycles. The van der Waals surface area contributed by atoms with Crippen LogP contribution in [0, 0.1) is 0 Å². The first-order valence-corrected chi connectivity index (χ1v) is 23.1. The minimum absolute atomic E-state index is 0.0903. The number of esters is 2. The summed E-state index contributed by atoms with van der Waals surface area (Å²) in [6.45, 7) is 3.59. The zero-order valence-electron chi connectivity index (χ0n) is 35.1. The fraction of sp³-hybridized carbons (Fsp3) is 0.689. The Labute approximate surface area is 348 Å². The molecule has 12 nitrogen and oxygen atoms in total. The summed E-state index contributed by atoms with van der Waals surface area (Å²) in [4.78, 5) is 25.3. The molecule has 4 N–H and O–H groups in total. The lowest BCUT2D eigenvalue weighted by molar-refractivity contribution is -0.297. The summed E-state index contributed by atoms with van der Waals surface area (Å²) in [5.41, 5.74) is 0. The molecule has 1 aliphatic heterocycles. The normalized spacial score (nSPS) is 21.1. The van der Waals surface area contributed by atoms with Gasteiger partial charge in [0.1, 0.15) is 36.8 Å². The molecule has 0 radical (unpaired) electrons. The molecular formula is C45H74O12S. The van der Waals surface area contributed by atoms with Gasteiger partial charge >= 0.3 is 11.9 Å². The summed E-state index contributed by atoms with van der Waals surface area (Å²) >= 11 is 0. The van der Waals surface area contributed by atoms with E-state index in [2.05, 4.69) is 74.6 Å². The second-order valence-corrected chi connectivity index (χ2v) is 16.1. The molecule has 0 amide bonds. The number of hydrogen-bond donors (Lipinski definition) is 4. The van der Waals surface area contributed by atoms with Gasteiger partial charge in [0.05, 0.1) is 6.61 Å². The van der Waals surface area contributed by atoms with E-state index in [1.54, 1.807) is 0 Å². The second kappa shape index (κ2) is 34.9. The minimum atomic E-state index is -4.61. The van der Waals surface area contributed by atoms with Crippen LogP contribution in [-0.2, 0) is 38.7 Å². The molecule has 0 aliphatic carbocycles. The van der Waals surface area contributed by atoms with Gasteiger partial charge in [-0.3, -0.25) is 14.1 Å². The van der Waals surface area contributed by atoms with E-state index in [4.69, 9.17) is 18.9 Å². The van der Waals surface area contributed by atoms with Crippen LogP contribution in [-0.4, -0.2) is 96.0 Å². The van der Waals surface area contributed by atoms with Crippen LogP contribution in [0.25, 0.3) is 0 Å². The number of aliphatic hydroxyl groups is 3. The van der Waals surface area contributed by atoms with Crippen molar-refractivity contribution in [1.82, 2.24) is 0 Å². The zero-order chi connectivity index (χ0) is 42.7.